The fourth-order valence-electron chi connectivity index (χ4n) is 3.78. The number of hydrogen-bond acceptors (Lipinski definition) is 4. The lowest BCUT2D eigenvalue weighted by Crippen LogP contribution is -2.14. The predicted molar refractivity (Wildman–Crippen MR) is 123 cm³/mol. The number of amides is 1. The van der Waals surface area contributed by atoms with Crippen molar-refractivity contribution in [3.63, 3.8) is 0 Å². The van der Waals surface area contributed by atoms with Crippen LogP contribution in [0.2, 0.25) is 0 Å². The van der Waals surface area contributed by atoms with Crippen molar-refractivity contribution in [1.29, 1.82) is 0 Å². The van der Waals surface area contributed by atoms with Gasteiger partial charge in [-0.25, -0.2) is 0 Å². The van der Waals surface area contributed by atoms with E-state index in [0.29, 0.717) is 5.69 Å². The Hall–Kier alpha value is -3.97. The van der Waals surface area contributed by atoms with Gasteiger partial charge < -0.3 is 15.6 Å². The number of aromatic nitrogens is 4. The zero-order valence-corrected chi connectivity index (χ0v) is 17.1. The summed E-state index contributed by atoms with van der Waals surface area (Å²) in [5.74, 6) is -0.248. The van der Waals surface area contributed by atoms with Crippen LogP contribution in [0, 0.1) is 0 Å². The molecule has 7 heteroatoms. The van der Waals surface area contributed by atoms with Gasteiger partial charge in [-0.15, -0.1) is 0 Å². The van der Waals surface area contributed by atoms with Crippen LogP contribution >= 0.6 is 0 Å². The highest BCUT2D eigenvalue weighted by Gasteiger charge is 2.16. The summed E-state index contributed by atoms with van der Waals surface area (Å²) in [7, 11) is 0. The van der Waals surface area contributed by atoms with Gasteiger partial charge >= 0.3 is 0 Å². The minimum atomic E-state index is -0.248. The summed E-state index contributed by atoms with van der Waals surface area (Å²) in [5.41, 5.74) is 5.99. The van der Waals surface area contributed by atoms with Crippen LogP contribution in [0.15, 0.2) is 67.1 Å². The van der Waals surface area contributed by atoms with Crippen molar-refractivity contribution in [3.05, 3.63) is 78.4 Å². The second kappa shape index (κ2) is 8.04. The van der Waals surface area contributed by atoms with Crippen LogP contribution in [0.1, 0.15) is 23.0 Å². The third kappa shape index (κ3) is 3.67. The molecule has 154 valence electrons. The zero-order valence-electron chi connectivity index (χ0n) is 17.1. The molecule has 0 saturated carbocycles. The molecule has 31 heavy (non-hydrogen) atoms. The Kier molecular flexibility index (Phi) is 4.93. The molecule has 5 aromatic rings. The molecule has 1 amide bonds. The molecule has 4 N–H and O–H groups in total. The Bertz CT molecular complexity index is 1380. The number of carbonyl (C=O) groups excluding carboxylic acids is 1. The Morgan fingerprint density at radius 2 is 1.97 bits per heavy atom. The van der Waals surface area contributed by atoms with E-state index in [2.05, 4.69) is 37.7 Å². The second-order valence-corrected chi connectivity index (χ2v) is 7.39. The minimum Gasteiger partial charge on any atom is -0.360 e. The highest BCUT2D eigenvalue weighted by molar-refractivity contribution is 6.12. The lowest BCUT2D eigenvalue weighted by atomic mass is 10.0. The van der Waals surface area contributed by atoms with Crippen LogP contribution in [0.5, 0.6) is 0 Å². The molecule has 2 aromatic carbocycles. The van der Waals surface area contributed by atoms with Gasteiger partial charge in [-0.05, 0) is 48.0 Å². The number of benzene rings is 2. The largest absolute Gasteiger partial charge is 0.360 e. The maximum absolute atomic E-state index is 13.0. The van der Waals surface area contributed by atoms with Gasteiger partial charge in [-0.1, -0.05) is 25.1 Å². The van der Waals surface area contributed by atoms with Crippen LogP contribution in [-0.4, -0.2) is 32.6 Å². The maximum atomic E-state index is 13.0. The first-order chi connectivity index (χ1) is 15.2. The number of hydrogen-bond donors (Lipinski definition) is 4. The van der Waals surface area contributed by atoms with Crippen LogP contribution in [0.25, 0.3) is 32.9 Å². The van der Waals surface area contributed by atoms with Gasteiger partial charge in [0.1, 0.15) is 0 Å². The Labute approximate surface area is 178 Å². The van der Waals surface area contributed by atoms with E-state index in [1.54, 1.807) is 6.20 Å². The van der Waals surface area contributed by atoms with Crippen molar-refractivity contribution >= 4 is 33.4 Å². The molecule has 0 radical (unpaired) electrons. The lowest BCUT2D eigenvalue weighted by molar-refractivity contribution is 0.102. The first-order valence-electron chi connectivity index (χ1n) is 10.2. The summed E-state index contributed by atoms with van der Waals surface area (Å²) in [5, 5.41) is 15.4. The topological polar surface area (TPSA) is 98.5 Å². The quantitative estimate of drug-likeness (QED) is 0.332. The molecule has 5 rings (SSSR count). The van der Waals surface area contributed by atoms with E-state index >= 15 is 0 Å². The van der Waals surface area contributed by atoms with Gasteiger partial charge in [0.05, 0.1) is 17.2 Å². The number of carbonyl (C=O) groups is 1. The zero-order chi connectivity index (χ0) is 21.2. The molecular weight excluding hydrogens is 388 g/mol. The number of rotatable bonds is 6. The highest BCUT2D eigenvalue weighted by atomic mass is 16.1. The predicted octanol–water partition coefficient (Wildman–Crippen LogP) is 4.47. The molecule has 0 fully saturated rings. The van der Waals surface area contributed by atoms with Gasteiger partial charge in [-0.3, -0.25) is 14.9 Å². The van der Waals surface area contributed by atoms with Crippen molar-refractivity contribution in [2.75, 3.05) is 11.9 Å². The first kappa shape index (κ1) is 19.0. The molecule has 0 unspecified atom stereocenters. The molecule has 0 aliphatic carbocycles. The molecule has 7 nitrogen and oxygen atoms in total. The average Bonchev–Trinajstić information content (AvgIpc) is 3.44. The Morgan fingerprint density at radius 1 is 1.03 bits per heavy atom. The lowest BCUT2D eigenvalue weighted by Gasteiger charge is -2.07. The smallest absolute Gasteiger partial charge is 0.276 e. The summed E-state index contributed by atoms with van der Waals surface area (Å²) in [6.07, 6.45) is 5.54. The summed E-state index contributed by atoms with van der Waals surface area (Å²) < 4.78 is 0. The van der Waals surface area contributed by atoms with Gasteiger partial charge in [0, 0.05) is 41.0 Å². The molecule has 0 saturated heterocycles. The molecule has 3 aromatic heterocycles. The van der Waals surface area contributed by atoms with Crippen LogP contribution in [0.3, 0.4) is 0 Å². The third-order valence-corrected chi connectivity index (χ3v) is 5.33. The number of pyridine rings is 1. The average molecular weight is 410 g/mol. The van der Waals surface area contributed by atoms with E-state index in [-0.39, 0.29) is 5.91 Å². The van der Waals surface area contributed by atoms with Crippen molar-refractivity contribution in [3.8, 4) is 11.1 Å². The monoisotopic (exact) mass is 410 g/mol. The number of H-pyrrole nitrogens is 2. The molecule has 0 atom stereocenters. The normalized spacial score (nSPS) is 11.3. The van der Waals surface area contributed by atoms with Gasteiger partial charge in [-0.2, -0.15) is 5.10 Å². The van der Waals surface area contributed by atoms with Crippen LogP contribution in [-0.2, 0) is 6.54 Å². The van der Waals surface area contributed by atoms with Gasteiger partial charge in [0.15, 0.2) is 5.69 Å². The summed E-state index contributed by atoms with van der Waals surface area (Å²) in [6, 6.07) is 15.8. The minimum absolute atomic E-state index is 0.248. The highest BCUT2D eigenvalue weighted by Crippen LogP contribution is 2.30. The number of fused-ring (bicyclic) bond motifs is 2. The second-order valence-electron chi connectivity index (χ2n) is 7.39. The third-order valence-electron chi connectivity index (χ3n) is 5.33. The number of nitrogens with one attached hydrogen (secondary N) is 4. The van der Waals surface area contributed by atoms with E-state index in [0.717, 1.165) is 57.3 Å². The van der Waals surface area contributed by atoms with E-state index in [1.807, 2.05) is 60.9 Å². The van der Waals surface area contributed by atoms with Crippen molar-refractivity contribution in [1.82, 2.24) is 25.5 Å². The SMILES string of the molecule is CCNCc1cccc(NC(=O)c2n[nH]c3ccc(-c4cncc5[nH]ccc45)cc23)c1. The van der Waals surface area contributed by atoms with Gasteiger partial charge in [0.25, 0.3) is 5.91 Å². The number of anilines is 1. The molecule has 3 heterocycles. The fourth-order valence-corrected chi connectivity index (χ4v) is 3.78. The van der Waals surface area contributed by atoms with Crippen LogP contribution in [0.4, 0.5) is 5.69 Å². The molecular formula is C24H22N6O. The standard InChI is InChI=1S/C24H22N6O/c1-2-25-12-15-4-3-5-17(10-15)28-24(31)23-19-11-16(6-7-21(19)29-30-23)20-13-26-14-22-18(20)8-9-27-22/h3-11,13-14,25,27H,2,12H2,1H3,(H,28,31)(H,29,30). The van der Waals surface area contributed by atoms with Crippen molar-refractivity contribution < 1.29 is 4.79 Å². The Balaban J connectivity index is 1.47. The Morgan fingerprint density at radius 3 is 2.87 bits per heavy atom. The summed E-state index contributed by atoms with van der Waals surface area (Å²) in [6.45, 7) is 3.72. The fraction of sp³-hybridized carbons (Fsp3) is 0.125. The van der Waals surface area contributed by atoms with E-state index in [9.17, 15) is 4.79 Å². The van der Waals surface area contributed by atoms with E-state index in [4.69, 9.17) is 0 Å². The van der Waals surface area contributed by atoms with Crippen molar-refractivity contribution in [2.45, 2.75) is 13.5 Å². The molecule has 0 aliphatic heterocycles. The first-order valence-corrected chi connectivity index (χ1v) is 10.2. The number of nitrogens with zero attached hydrogens (tertiary/aromatic N) is 2. The molecule has 0 bridgehead atoms. The number of aromatic amines is 2. The van der Waals surface area contributed by atoms with E-state index < -0.39 is 0 Å². The summed E-state index contributed by atoms with van der Waals surface area (Å²) in [4.78, 5) is 20.5. The van der Waals surface area contributed by atoms with Gasteiger partial charge in [0.2, 0.25) is 0 Å². The van der Waals surface area contributed by atoms with Crippen LogP contribution < -0.4 is 10.6 Å². The van der Waals surface area contributed by atoms with E-state index in [1.165, 1.54) is 0 Å². The maximum Gasteiger partial charge on any atom is 0.276 e. The summed E-state index contributed by atoms with van der Waals surface area (Å²) >= 11 is 0. The molecule has 0 spiro atoms. The molecule has 0 aliphatic rings. The van der Waals surface area contributed by atoms with Crippen molar-refractivity contribution in [2.24, 2.45) is 0 Å².